The molecule has 0 aliphatic heterocycles. The zero-order chi connectivity index (χ0) is 31.2. The Balaban J connectivity index is 1.34. The molecule has 0 amide bonds. The summed E-state index contributed by atoms with van der Waals surface area (Å²) in [4.78, 5) is 19.1. The smallest absolute Gasteiger partial charge is 0.406 e. The molecular weight excluding hydrogens is 597 g/mol. The van der Waals surface area contributed by atoms with E-state index in [4.69, 9.17) is 15.0 Å². The van der Waals surface area contributed by atoms with Gasteiger partial charge in [-0.25, -0.2) is 9.97 Å². The predicted molar refractivity (Wildman–Crippen MR) is 160 cm³/mol. The molecule has 3 heterocycles. The van der Waals surface area contributed by atoms with Crippen LogP contribution >= 0.6 is 11.3 Å². The largest absolute Gasteiger partial charge is 0.573 e. The van der Waals surface area contributed by atoms with Crippen LogP contribution in [-0.4, -0.2) is 66.5 Å². The summed E-state index contributed by atoms with van der Waals surface area (Å²) in [6, 6.07) is 6.50. The number of aromatic nitrogens is 4. The molecule has 2 fully saturated rings. The van der Waals surface area contributed by atoms with Gasteiger partial charge in [0.2, 0.25) is 5.95 Å². The molecule has 10 nitrogen and oxygen atoms in total. The lowest BCUT2D eigenvalue weighted by atomic mass is 9.82. The maximum absolute atomic E-state index is 12.6. The first kappa shape index (κ1) is 30.4. The number of hydrogen-bond acceptors (Lipinski definition) is 11. The molecule has 44 heavy (non-hydrogen) atoms. The molecule has 2 aliphatic rings. The Morgan fingerprint density at radius 2 is 1.82 bits per heavy atom. The summed E-state index contributed by atoms with van der Waals surface area (Å²) >= 11 is 1.50. The fraction of sp³-hybridized carbons (Fsp3) is 0.467. The van der Waals surface area contributed by atoms with Gasteiger partial charge in [-0.05, 0) is 56.9 Å². The zero-order valence-corrected chi connectivity index (χ0v) is 24.9. The first-order chi connectivity index (χ1) is 21.0. The molecule has 0 bridgehead atoms. The Bertz CT molecular complexity index is 1630. The number of thiazole rings is 1. The summed E-state index contributed by atoms with van der Waals surface area (Å²) in [5.74, 6) is 0.224. The number of aliphatic hydroxyl groups excluding tert-OH is 3. The van der Waals surface area contributed by atoms with Crippen LogP contribution in [0.5, 0.6) is 5.75 Å². The number of aliphatic hydroxyl groups is 3. The summed E-state index contributed by atoms with van der Waals surface area (Å²) < 4.78 is 42.7. The fourth-order valence-electron chi connectivity index (χ4n) is 5.82. The number of halogens is 3. The Morgan fingerprint density at radius 3 is 2.45 bits per heavy atom. The molecule has 0 unspecified atom stereocenters. The van der Waals surface area contributed by atoms with E-state index in [2.05, 4.69) is 20.4 Å². The van der Waals surface area contributed by atoms with Crippen molar-refractivity contribution in [3.05, 3.63) is 53.5 Å². The molecule has 234 valence electrons. The number of pyridine rings is 1. The van der Waals surface area contributed by atoms with Crippen LogP contribution in [-0.2, 0) is 0 Å². The van der Waals surface area contributed by atoms with Crippen molar-refractivity contribution < 1.29 is 33.2 Å². The molecule has 0 saturated heterocycles. The Hall–Kier alpha value is -3.59. The number of benzene rings is 1. The maximum atomic E-state index is 12.6. The number of ether oxygens (including phenoxy) is 1. The van der Waals surface area contributed by atoms with Crippen molar-refractivity contribution in [2.45, 2.75) is 76.1 Å². The number of fused-ring (bicyclic) bond motifs is 1. The monoisotopic (exact) mass is 630 g/mol. The van der Waals surface area contributed by atoms with Gasteiger partial charge >= 0.3 is 6.36 Å². The van der Waals surface area contributed by atoms with Crippen LogP contribution in [0.3, 0.4) is 0 Å². The highest BCUT2D eigenvalue weighted by Gasteiger charge is 2.42. The molecule has 3 aromatic heterocycles. The average Bonchev–Trinajstić information content (AvgIpc) is 3.48. The molecule has 1 aromatic carbocycles. The van der Waals surface area contributed by atoms with Crippen molar-refractivity contribution in [2.75, 3.05) is 17.2 Å². The van der Waals surface area contributed by atoms with Gasteiger partial charge < -0.3 is 30.7 Å². The van der Waals surface area contributed by atoms with E-state index >= 15 is 0 Å². The molecule has 5 N–H and O–H groups in total. The lowest BCUT2D eigenvalue weighted by molar-refractivity contribution is -0.274. The predicted octanol–water partition coefficient (Wildman–Crippen LogP) is 5.31. The molecule has 6 rings (SSSR count). The Morgan fingerprint density at radius 1 is 1.07 bits per heavy atom. The summed E-state index contributed by atoms with van der Waals surface area (Å²) in [6.45, 7) is 3.39. The third-order valence-electron chi connectivity index (χ3n) is 8.45. The van der Waals surface area contributed by atoms with E-state index in [0.29, 0.717) is 40.0 Å². The summed E-state index contributed by atoms with van der Waals surface area (Å²) in [6.07, 6.45) is -1.54. The van der Waals surface area contributed by atoms with E-state index in [0.717, 1.165) is 28.8 Å². The van der Waals surface area contributed by atoms with Crippen molar-refractivity contribution in [2.24, 2.45) is 5.92 Å². The molecule has 0 spiro atoms. The number of nitrogens with one attached hydrogen (secondary N) is 2. The number of hydrogen-bond donors (Lipinski definition) is 5. The Labute approximate surface area is 255 Å². The van der Waals surface area contributed by atoms with Gasteiger partial charge in [-0.3, -0.25) is 4.98 Å². The number of nitrogens with zero attached hydrogens (tertiary/aromatic N) is 4. The molecule has 2 saturated carbocycles. The molecule has 4 aromatic rings. The SMILES string of the molecule is Cc1nc(N[C@H](C)c2ccc(OC(F)(F)F)cc2)nc(N[C@@H]2C[C@H](CO)[C@@H](O)[C@H]2O)c1-c1nc2c(C3CCC3)nccc2s1. The van der Waals surface area contributed by atoms with Crippen LogP contribution in [0.15, 0.2) is 36.5 Å². The van der Waals surface area contributed by atoms with Gasteiger partial charge in [-0.15, -0.1) is 24.5 Å². The second kappa shape index (κ2) is 12.1. The average molecular weight is 631 g/mol. The minimum atomic E-state index is -4.78. The van der Waals surface area contributed by atoms with Crippen LogP contribution in [0.2, 0.25) is 0 Å². The second-order valence-electron chi connectivity index (χ2n) is 11.4. The van der Waals surface area contributed by atoms with Crippen molar-refractivity contribution in [3.8, 4) is 16.3 Å². The highest BCUT2D eigenvalue weighted by molar-refractivity contribution is 7.21. The van der Waals surface area contributed by atoms with Gasteiger partial charge in [-0.1, -0.05) is 18.6 Å². The quantitative estimate of drug-likeness (QED) is 0.165. The third kappa shape index (κ3) is 6.16. The molecule has 5 atom stereocenters. The van der Waals surface area contributed by atoms with Crippen LogP contribution in [0, 0.1) is 12.8 Å². The normalized spacial score (nSPS) is 23.0. The molecule has 2 aliphatic carbocycles. The number of anilines is 2. The topological polar surface area (TPSA) is 146 Å². The lowest BCUT2D eigenvalue weighted by Gasteiger charge is -2.24. The molecule has 14 heteroatoms. The zero-order valence-electron chi connectivity index (χ0n) is 24.0. The molecule has 0 radical (unpaired) electrons. The summed E-state index contributed by atoms with van der Waals surface area (Å²) in [7, 11) is 0. The van der Waals surface area contributed by atoms with Gasteiger partial charge in [0, 0.05) is 24.6 Å². The maximum Gasteiger partial charge on any atom is 0.573 e. The first-order valence-electron chi connectivity index (χ1n) is 14.5. The molecular formula is C30H33F3N6O4S. The minimum absolute atomic E-state index is 0.251. The minimum Gasteiger partial charge on any atom is -0.406 e. The highest BCUT2D eigenvalue weighted by Crippen LogP contribution is 2.43. The summed E-state index contributed by atoms with van der Waals surface area (Å²) in [5, 5.41) is 38.1. The van der Waals surface area contributed by atoms with Crippen molar-refractivity contribution in [1.82, 2.24) is 19.9 Å². The van der Waals surface area contributed by atoms with Gasteiger partial charge in [0.1, 0.15) is 28.2 Å². The van der Waals surface area contributed by atoms with Crippen LogP contribution in [0.25, 0.3) is 20.8 Å². The van der Waals surface area contributed by atoms with E-state index in [1.54, 1.807) is 0 Å². The number of alkyl halides is 3. The highest BCUT2D eigenvalue weighted by atomic mass is 32.1. The first-order valence-corrected chi connectivity index (χ1v) is 15.3. The van der Waals surface area contributed by atoms with Crippen molar-refractivity contribution >= 4 is 33.3 Å². The summed E-state index contributed by atoms with van der Waals surface area (Å²) in [5.41, 5.74) is 3.78. The van der Waals surface area contributed by atoms with E-state index in [1.165, 1.54) is 42.0 Å². The second-order valence-corrected chi connectivity index (χ2v) is 12.5. The fourth-order valence-corrected chi connectivity index (χ4v) is 6.89. The van der Waals surface area contributed by atoms with Gasteiger partial charge in [0.05, 0.1) is 39.8 Å². The van der Waals surface area contributed by atoms with E-state index < -0.39 is 30.5 Å². The lowest BCUT2D eigenvalue weighted by Crippen LogP contribution is -2.35. The Kier molecular flexibility index (Phi) is 8.35. The van der Waals surface area contributed by atoms with Gasteiger partial charge in [-0.2, -0.15) is 4.98 Å². The standard InChI is InChI=1S/C30H33F3N6O4S/c1-14(16-6-8-19(9-7-16)43-30(31,32)33)35-29-36-15(2)22(27(39-29)37-20-12-18(13-40)25(41)26(20)42)28-38-24-21(44-28)10-11-34-23(24)17-4-3-5-17/h6-11,14,17-18,20,25-26,40-42H,3-5,12-13H2,1-2H3,(H2,35,36,37,39)/t14-,18-,20-,25-,26+/m1/s1. The van der Waals surface area contributed by atoms with E-state index in [1.807, 2.05) is 26.1 Å². The van der Waals surface area contributed by atoms with E-state index in [9.17, 15) is 28.5 Å². The van der Waals surface area contributed by atoms with Crippen molar-refractivity contribution in [3.63, 3.8) is 0 Å². The van der Waals surface area contributed by atoms with Crippen LogP contribution in [0.4, 0.5) is 24.9 Å². The van der Waals surface area contributed by atoms with Gasteiger partial charge in [0.25, 0.3) is 0 Å². The number of aryl methyl sites for hydroxylation is 1. The van der Waals surface area contributed by atoms with Crippen LogP contribution in [0.1, 0.15) is 61.5 Å². The van der Waals surface area contributed by atoms with E-state index in [-0.39, 0.29) is 24.3 Å². The van der Waals surface area contributed by atoms with Crippen LogP contribution < -0.4 is 15.4 Å². The third-order valence-corrected chi connectivity index (χ3v) is 9.49. The van der Waals surface area contributed by atoms with Gasteiger partial charge in [0.15, 0.2) is 0 Å². The van der Waals surface area contributed by atoms with Crippen molar-refractivity contribution in [1.29, 1.82) is 0 Å². The number of rotatable bonds is 9.